The second-order valence-electron chi connectivity index (χ2n) is 5.31. The van der Waals surface area contributed by atoms with Crippen molar-refractivity contribution in [1.82, 2.24) is 5.32 Å². The molecule has 1 atom stereocenters. The fraction of sp³-hybridized carbons (Fsp3) is 0.733. The van der Waals surface area contributed by atoms with Crippen molar-refractivity contribution in [3.63, 3.8) is 0 Å². The second-order valence-corrected chi connectivity index (χ2v) is 6.68. The fourth-order valence-corrected chi connectivity index (χ4v) is 3.83. The van der Waals surface area contributed by atoms with Crippen molar-refractivity contribution in [2.45, 2.75) is 65.0 Å². The summed E-state index contributed by atoms with van der Waals surface area (Å²) in [6, 6.07) is 5.22. The molecular weight excluding hydrogens is 226 g/mol. The van der Waals surface area contributed by atoms with Crippen LogP contribution in [0.4, 0.5) is 0 Å². The van der Waals surface area contributed by atoms with Crippen LogP contribution in [0.5, 0.6) is 0 Å². The Balaban J connectivity index is 1.82. The maximum absolute atomic E-state index is 3.78. The highest BCUT2D eigenvalue weighted by Crippen LogP contribution is 2.28. The van der Waals surface area contributed by atoms with Gasteiger partial charge in [0.25, 0.3) is 0 Å². The van der Waals surface area contributed by atoms with Gasteiger partial charge in [0.1, 0.15) is 0 Å². The van der Waals surface area contributed by atoms with Crippen molar-refractivity contribution >= 4 is 11.3 Å². The van der Waals surface area contributed by atoms with Crippen LogP contribution in [0.1, 0.15) is 55.2 Å². The van der Waals surface area contributed by atoms with Gasteiger partial charge in [-0.15, -0.1) is 11.3 Å². The first kappa shape index (κ1) is 13.1. The van der Waals surface area contributed by atoms with Gasteiger partial charge in [-0.3, -0.25) is 0 Å². The molecule has 0 aromatic carbocycles. The molecule has 1 N–H and O–H groups in total. The summed E-state index contributed by atoms with van der Waals surface area (Å²) in [5.41, 5.74) is 0. The molecule has 1 saturated carbocycles. The minimum Gasteiger partial charge on any atom is -0.309 e. The summed E-state index contributed by atoms with van der Waals surface area (Å²) in [6.45, 7) is 5.58. The minimum atomic E-state index is 0.734. The molecule has 2 rings (SSSR count). The van der Waals surface area contributed by atoms with Crippen molar-refractivity contribution in [2.75, 3.05) is 0 Å². The van der Waals surface area contributed by atoms with Crippen LogP contribution < -0.4 is 5.32 Å². The predicted octanol–water partition coefficient (Wildman–Crippen LogP) is 4.51. The van der Waals surface area contributed by atoms with Crippen LogP contribution in [-0.2, 0) is 6.54 Å². The SMILES string of the molecule is CCC(NCc1ccc(C)s1)C1CCCCC1. The lowest BCUT2D eigenvalue weighted by atomic mass is 9.83. The van der Waals surface area contributed by atoms with Gasteiger partial charge in [0.05, 0.1) is 0 Å². The number of hydrogen-bond acceptors (Lipinski definition) is 2. The molecule has 1 aromatic heterocycles. The minimum absolute atomic E-state index is 0.734. The van der Waals surface area contributed by atoms with Gasteiger partial charge in [-0.1, -0.05) is 26.2 Å². The average Bonchev–Trinajstić information content (AvgIpc) is 2.77. The lowest BCUT2D eigenvalue weighted by molar-refractivity contribution is 0.262. The molecule has 1 aromatic rings. The van der Waals surface area contributed by atoms with Crippen LogP contribution >= 0.6 is 11.3 Å². The van der Waals surface area contributed by atoms with E-state index in [0.717, 1.165) is 18.5 Å². The molecule has 0 radical (unpaired) electrons. The molecule has 0 spiro atoms. The van der Waals surface area contributed by atoms with Crippen LogP contribution in [0.15, 0.2) is 12.1 Å². The van der Waals surface area contributed by atoms with Crippen LogP contribution in [0, 0.1) is 12.8 Å². The van der Waals surface area contributed by atoms with Crippen molar-refractivity contribution in [2.24, 2.45) is 5.92 Å². The van der Waals surface area contributed by atoms with Gasteiger partial charge < -0.3 is 5.32 Å². The Kier molecular flexibility index (Phi) is 5.05. The van der Waals surface area contributed by atoms with E-state index in [1.54, 1.807) is 0 Å². The van der Waals surface area contributed by atoms with Gasteiger partial charge in [0.15, 0.2) is 0 Å². The van der Waals surface area contributed by atoms with Crippen molar-refractivity contribution < 1.29 is 0 Å². The molecule has 17 heavy (non-hydrogen) atoms. The first-order chi connectivity index (χ1) is 8.29. The number of nitrogens with one attached hydrogen (secondary N) is 1. The Bertz CT molecular complexity index is 325. The molecule has 0 saturated heterocycles. The molecule has 0 amide bonds. The zero-order valence-electron chi connectivity index (χ0n) is 11.2. The van der Waals surface area contributed by atoms with E-state index < -0.39 is 0 Å². The molecule has 1 nitrogen and oxygen atoms in total. The summed E-state index contributed by atoms with van der Waals surface area (Å²) >= 11 is 1.92. The maximum Gasteiger partial charge on any atom is 0.0302 e. The Labute approximate surface area is 110 Å². The first-order valence-electron chi connectivity index (χ1n) is 7.08. The molecular formula is C15H25NS. The topological polar surface area (TPSA) is 12.0 Å². The lowest BCUT2D eigenvalue weighted by Crippen LogP contribution is -2.36. The highest BCUT2D eigenvalue weighted by molar-refractivity contribution is 7.11. The van der Waals surface area contributed by atoms with Crippen LogP contribution in [0.25, 0.3) is 0 Å². The summed E-state index contributed by atoms with van der Waals surface area (Å²) in [6.07, 6.45) is 8.50. The number of rotatable bonds is 5. The van der Waals surface area contributed by atoms with Crippen LogP contribution in [-0.4, -0.2) is 6.04 Å². The van der Waals surface area contributed by atoms with Crippen molar-refractivity contribution in [3.05, 3.63) is 21.9 Å². The van der Waals surface area contributed by atoms with Crippen molar-refractivity contribution in [3.8, 4) is 0 Å². The van der Waals surface area contributed by atoms with Crippen molar-refractivity contribution in [1.29, 1.82) is 0 Å². The zero-order chi connectivity index (χ0) is 12.1. The zero-order valence-corrected chi connectivity index (χ0v) is 12.0. The molecule has 1 aliphatic carbocycles. The van der Waals surface area contributed by atoms with E-state index in [-0.39, 0.29) is 0 Å². The fourth-order valence-electron chi connectivity index (χ4n) is 2.99. The van der Waals surface area contributed by atoms with Gasteiger partial charge in [-0.2, -0.15) is 0 Å². The lowest BCUT2D eigenvalue weighted by Gasteiger charge is -2.30. The molecule has 1 fully saturated rings. The van der Waals surface area contributed by atoms with Gasteiger partial charge in [0.2, 0.25) is 0 Å². The van der Waals surface area contributed by atoms with E-state index in [4.69, 9.17) is 0 Å². The largest absolute Gasteiger partial charge is 0.309 e. The van der Waals surface area contributed by atoms with Crippen LogP contribution in [0.2, 0.25) is 0 Å². The van der Waals surface area contributed by atoms with Crippen LogP contribution in [0.3, 0.4) is 0 Å². The van der Waals surface area contributed by atoms with Gasteiger partial charge in [-0.25, -0.2) is 0 Å². The van der Waals surface area contributed by atoms with Gasteiger partial charge >= 0.3 is 0 Å². The Morgan fingerprint density at radius 1 is 1.29 bits per heavy atom. The average molecular weight is 251 g/mol. The van der Waals surface area contributed by atoms with E-state index in [0.29, 0.717) is 0 Å². The maximum atomic E-state index is 3.78. The predicted molar refractivity (Wildman–Crippen MR) is 76.5 cm³/mol. The monoisotopic (exact) mass is 251 g/mol. The first-order valence-corrected chi connectivity index (χ1v) is 7.90. The summed E-state index contributed by atoms with van der Waals surface area (Å²) in [7, 11) is 0. The quantitative estimate of drug-likeness (QED) is 0.812. The molecule has 0 aliphatic heterocycles. The third-order valence-corrected chi connectivity index (χ3v) is 4.99. The molecule has 2 heteroatoms. The van der Waals surface area contributed by atoms with E-state index in [9.17, 15) is 0 Å². The summed E-state index contributed by atoms with van der Waals surface area (Å²) < 4.78 is 0. The molecule has 96 valence electrons. The standard InChI is InChI=1S/C15H25NS/c1-3-15(13-7-5-4-6-8-13)16-11-14-10-9-12(2)17-14/h9-10,13,15-16H,3-8,11H2,1-2H3. The van der Waals surface area contributed by atoms with Gasteiger partial charge in [0, 0.05) is 22.3 Å². The molecule has 0 bridgehead atoms. The molecule has 1 unspecified atom stereocenters. The van der Waals surface area contributed by atoms with E-state index >= 15 is 0 Å². The third-order valence-electron chi connectivity index (χ3n) is 3.99. The summed E-state index contributed by atoms with van der Waals surface area (Å²) in [5, 5.41) is 3.78. The normalized spacial score (nSPS) is 19.4. The third kappa shape index (κ3) is 3.82. The summed E-state index contributed by atoms with van der Waals surface area (Å²) in [5.74, 6) is 0.926. The summed E-state index contributed by atoms with van der Waals surface area (Å²) in [4.78, 5) is 2.91. The smallest absolute Gasteiger partial charge is 0.0302 e. The van der Waals surface area contributed by atoms with E-state index in [1.165, 1.54) is 48.3 Å². The Morgan fingerprint density at radius 3 is 2.65 bits per heavy atom. The number of hydrogen-bond donors (Lipinski definition) is 1. The Morgan fingerprint density at radius 2 is 2.06 bits per heavy atom. The number of thiophene rings is 1. The van der Waals surface area contributed by atoms with E-state index in [2.05, 4.69) is 31.3 Å². The molecule has 1 heterocycles. The highest BCUT2D eigenvalue weighted by Gasteiger charge is 2.21. The Hall–Kier alpha value is -0.340. The highest BCUT2D eigenvalue weighted by atomic mass is 32.1. The second kappa shape index (κ2) is 6.55. The molecule has 1 aliphatic rings. The number of aryl methyl sites for hydroxylation is 1. The van der Waals surface area contributed by atoms with E-state index in [1.807, 2.05) is 11.3 Å². The van der Waals surface area contributed by atoms with Gasteiger partial charge in [-0.05, 0) is 44.2 Å².